The minimum Gasteiger partial charge on any atom is -0.381 e. The molecule has 0 bridgehead atoms. The van der Waals surface area contributed by atoms with E-state index < -0.39 is 0 Å². The summed E-state index contributed by atoms with van der Waals surface area (Å²) in [5.74, 6) is 0.825. The maximum Gasteiger partial charge on any atom is 0.225 e. The predicted molar refractivity (Wildman–Crippen MR) is 107 cm³/mol. The van der Waals surface area contributed by atoms with Crippen LogP contribution in [0.1, 0.15) is 11.3 Å². The molecule has 3 aromatic rings. The van der Waals surface area contributed by atoms with Crippen molar-refractivity contribution >= 4 is 11.6 Å². The van der Waals surface area contributed by atoms with Gasteiger partial charge in [-0.1, -0.05) is 0 Å². The number of nitrogens with one attached hydrogen (secondary N) is 1. The summed E-state index contributed by atoms with van der Waals surface area (Å²) in [4.78, 5) is 13.7. The first-order valence-electron chi connectivity index (χ1n) is 9.28. The number of aromatic nitrogens is 4. The Labute approximate surface area is 159 Å². The van der Waals surface area contributed by atoms with Crippen molar-refractivity contribution in [3.05, 3.63) is 60.2 Å². The van der Waals surface area contributed by atoms with Crippen LogP contribution in [0.5, 0.6) is 0 Å². The smallest absolute Gasteiger partial charge is 0.225 e. The molecule has 4 rings (SSSR count). The van der Waals surface area contributed by atoms with E-state index in [1.165, 1.54) is 0 Å². The second-order valence-corrected chi connectivity index (χ2v) is 6.98. The molecule has 3 heterocycles. The fourth-order valence-corrected chi connectivity index (χ4v) is 3.10. The molecule has 1 aliphatic heterocycles. The van der Waals surface area contributed by atoms with Gasteiger partial charge in [0.2, 0.25) is 5.95 Å². The number of hydrogen-bond donors (Lipinski definition) is 1. The third kappa shape index (κ3) is 4.25. The third-order valence-electron chi connectivity index (χ3n) is 4.83. The first kappa shape index (κ1) is 17.5. The van der Waals surface area contributed by atoms with Crippen molar-refractivity contribution in [3.63, 3.8) is 0 Å². The van der Waals surface area contributed by atoms with E-state index in [0.717, 1.165) is 54.8 Å². The zero-order valence-corrected chi connectivity index (χ0v) is 15.8. The summed E-state index contributed by atoms with van der Waals surface area (Å²) in [7, 11) is 2.15. The summed E-state index contributed by atoms with van der Waals surface area (Å²) in [6.07, 6.45) is 5.79. The zero-order chi connectivity index (χ0) is 18.6. The third-order valence-corrected chi connectivity index (χ3v) is 4.83. The van der Waals surface area contributed by atoms with Crippen LogP contribution < -0.4 is 10.2 Å². The summed E-state index contributed by atoms with van der Waals surface area (Å²) in [6, 6.07) is 10.2. The van der Waals surface area contributed by atoms with Gasteiger partial charge in [0.25, 0.3) is 0 Å². The average molecular weight is 363 g/mol. The Balaban J connectivity index is 1.33. The minimum absolute atomic E-state index is 0.698. The Morgan fingerprint density at radius 2 is 1.67 bits per heavy atom. The highest BCUT2D eigenvalue weighted by atomic mass is 15.3. The highest BCUT2D eigenvalue weighted by Crippen LogP contribution is 2.15. The molecule has 0 amide bonds. The molecule has 0 radical (unpaired) electrons. The molecule has 2 aromatic heterocycles. The lowest BCUT2D eigenvalue weighted by molar-refractivity contribution is 0.311. The fraction of sp³-hybridized carbons (Fsp3) is 0.350. The number of likely N-dealkylation sites (N-methyl/N-ethyl adjacent to an activating group) is 1. The Morgan fingerprint density at radius 3 is 2.30 bits per heavy atom. The van der Waals surface area contributed by atoms with E-state index in [-0.39, 0.29) is 0 Å². The van der Waals surface area contributed by atoms with Crippen LogP contribution in [0.25, 0.3) is 5.69 Å². The van der Waals surface area contributed by atoms with Crippen LogP contribution in [0, 0.1) is 6.92 Å². The van der Waals surface area contributed by atoms with Crippen molar-refractivity contribution in [1.82, 2.24) is 24.6 Å². The van der Waals surface area contributed by atoms with Crippen LogP contribution in [0.2, 0.25) is 0 Å². The summed E-state index contributed by atoms with van der Waals surface area (Å²) >= 11 is 0. The van der Waals surface area contributed by atoms with Gasteiger partial charge in [0.1, 0.15) is 0 Å². The first-order chi connectivity index (χ1) is 13.2. The summed E-state index contributed by atoms with van der Waals surface area (Å²) < 4.78 is 1.88. The Bertz CT molecular complexity index is 862. The van der Waals surface area contributed by atoms with Gasteiger partial charge in [-0.15, -0.1) is 0 Å². The molecule has 1 fully saturated rings. The van der Waals surface area contributed by atoms with E-state index in [9.17, 15) is 0 Å². The molecule has 7 heteroatoms. The van der Waals surface area contributed by atoms with Gasteiger partial charge in [-0.2, -0.15) is 5.10 Å². The lowest BCUT2D eigenvalue weighted by Crippen LogP contribution is -2.45. The zero-order valence-electron chi connectivity index (χ0n) is 15.8. The van der Waals surface area contributed by atoms with Gasteiger partial charge >= 0.3 is 0 Å². The van der Waals surface area contributed by atoms with Crippen molar-refractivity contribution in [2.75, 3.05) is 43.4 Å². The fourth-order valence-electron chi connectivity index (χ4n) is 3.10. The molecular formula is C20H25N7. The minimum atomic E-state index is 0.698. The Hall–Kier alpha value is -2.93. The molecule has 1 N–H and O–H groups in total. The maximum absolute atomic E-state index is 4.54. The van der Waals surface area contributed by atoms with Crippen molar-refractivity contribution in [2.45, 2.75) is 13.5 Å². The second-order valence-electron chi connectivity index (χ2n) is 6.98. The summed E-state index contributed by atoms with van der Waals surface area (Å²) in [6.45, 7) is 6.76. The van der Waals surface area contributed by atoms with Crippen molar-refractivity contribution in [1.29, 1.82) is 0 Å². The van der Waals surface area contributed by atoms with Crippen LogP contribution in [0.15, 0.2) is 48.9 Å². The molecule has 7 nitrogen and oxygen atoms in total. The van der Waals surface area contributed by atoms with Gasteiger partial charge in [0.05, 0.1) is 11.4 Å². The van der Waals surface area contributed by atoms with E-state index in [4.69, 9.17) is 0 Å². The van der Waals surface area contributed by atoms with E-state index in [1.807, 2.05) is 36.3 Å². The number of piperazine rings is 1. The molecule has 1 saturated heterocycles. The normalized spacial score (nSPS) is 15.1. The van der Waals surface area contributed by atoms with Crippen molar-refractivity contribution in [2.24, 2.45) is 0 Å². The monoisotopic (exact) mass is 363 g/mol. The van der Waals surface area contributed by atoms with Crippen LogP contribution in [-0.4, -0.2) is 57.9 Å². The number of anilines is 2. The second kappa shape index (κ2) is 7.75. The quantitative estimate of drug-likeness (QED) is 0.751. The predicted octanol–water partition coefficient (Wildman–Crippen LogP) is 2.33. The lowest BCUT2D eigenvalue weighted by atomic mass is 10.2. The number of aryl methyl sites for hydroxylation is 1. The van der Waals surface area contributed by atoms with Crippen LogP contribution >= 0.6 is 0 Å². The molecule has 0 spiro atoms. The van der Waals surface area contributed by atoms with E-state index in [1.54, 1.807) is 0 Å². The molecular weight excluding hydrogens is 338 g/mol. The van der Waals surface area contributed by atoms with Gasteiger partial charge in [-0.25, -0.2) is 14.6 Å². The lowest BCUT2D eigenvalue weighted by Gasteiger charge is -2.32. The first-order valence-corrected chi connectivity index (χ1v) is 9.28. The number of benzene rings is 1. The molecule has 140 valence electrons. The molecule has 0 unspecified atom stereocenters. The highest BCUT2D eigenvalue weighted by molar-refractivity contribution is 5.48. The standard InChI is InChI=1S/C20H25N7/c1-16-7-8-27(24-16)19-5-3-18(4-6-19)21-13-17-14-22-20(23-15-17)26-11-9-25(2)10-12-26/h3-8,14-15,21H,9-13H2,1-2H3. The summed E-state index contributed by atoms with van der Waals surface area (Å²) in [5, 5.41) is 7.85. The van der Waals surface area contributed by atoms with Crippen molar-refractivity contribution in [3.8, 4) is 5.69 Å². The van der Waals surface area contributed by atoms with Gasteiger partial charge in [0.15, 0.2) is 0 Å². The number of nitrogens with zero attached hydrogens (tertiary/aromatic N) is 6. The van der Waals surface area contributed by atoms with E-state index in [2.05, 4.69) is 61.5 Å². The highest BCUT2D eigenvalue weighted by Gasteiger charge is 2.16. The van der Waals surface area contributed by atoms with Gasteiger partial charge < -0.3 is 15.1 Å². The number of rotatable bonds is 5. The van der Waals surface area contributed by atoms with E-state index in [0.29, 0.717) is 6.54 Å². The van der Waals surface area contributed by atoms with E-state index >= 15 is 0 Å². The molecule has 1 aromatic carbocycles. The Kier molecular flexibility index (Phi) is 5.02. The van der Waals surface area contributed by atoms with Gasteiger partial charge in [0, 0.05) is 62.6 Å². The molecule has 0 aliphatic carbocycles. The molecule has 27 heavy (non-hydrogen) atoms. The van der Waals surface area contributed by atoms with Gasteiger partial charge in [-0.05, 0) is 44.3 Å². The maximum atomic E-state index is 4.54. The Morgan fingerprint density at radius 1 is 0.963 bits per heavy atom. The SMILES string of the molecule is Cc1ccn(-c2ccc(NCc3cnc(N4CCN(C)CC4)nc3)cc2)n1. The topological polar surface area (TPSA) is 62.1 Å². The largest absolute Gasteiger partial charge is 0.381 e. The van der Waals surface area contributed by atoms with Crippen molar-refractivity contribution < 1.29 is 0 Å². The van der Waals surface area contributed by atoms with Crippen LogP contribution in [-0.2, 0) is 6.54 Å². The van der Waals surface area contributed by atoms with Crippen LogP contribution in [0.3, 0.4) is 0 Å². The summed E-state index contributed by atoms with van der Waals surface area (Å²) in [5.41, 5.74) is 4.19. The van der Waals surface area contributed by atoms with Crippen LogP contribution in [0.4, 0.5) is 11.6 Å². The number of hydrogen-bond acceptors (Lipinski definition) is 6. The molecule has 0 atom stereocenters. The average Bonchev–Trinajstić information content (AvgIpc) is 3.14. The molecule has 0 saturated carbocycles. The van der Waals surface area contributed by atoms with Gasteiger partial charge in [-0.3, -0.25) is 0 Å². The molecule has 1 aliphatic rings.